The Morgan fingerprint density at radius 1 is 1.33 bits per heavy atom. The molecule has 0 radical (unpaired) electrons. The van der Waals surface area contributed by atoms with E-state index in [1.165, 1.54) is 0 Å². The van der Waals surface area contributed by atoms with Gasteiger partial charge in [0.15, 0.2) is 0 Å². The first-order valence-corrected chi connectivity index (χ1v) is 5.62. The van der Waals surface area contributed by atoms with Gasteiger partial charge in [0.05, 0.1) is 12.2 Å². The van der Waals surface area contributed by atoms with Crippen LogP contribution in [0.1, 0.15) is 13.8 Å². The third kappa shape index (κ3) is 2.88. The minimum atomic E-state index is -0.396. The van der Waals surface area contributed by atoms with E-state index in [1.54, 1.807) is 18.2 Å². The molecule has 18 heavy (non-hydrogen) atoms. The topological polar surface area (TPSA) is 75.2 Å². The van der Waals surface area contributed by atoms with Crippen LogP contribution >= 0.6 is 0 Å². The second kappa shape index (κ2) is 4.91. The summed E-state index contributed by atoms with van der Waals surface area (Å²) in [5.74, 6) is 0.701. The number of rotatable bonds is 3. The van der Waals surface area contributed by atoms with Crippen molar-refractivity contribution in [3.8, 4) is 23.0 Å². The van der Waals surface area contributed by atoms with E-state index in [9.17, 15) is 9.90 Å². The molecule has 0 saturated heterocycles. The minimum Gasteiger partial charge on any atom is -0.493 e. The maximum atomic E-state index is 11.3. The van der Waals surface area contributed by atoms with Crippen LogP contribution in [0.3, 0.4) is 0 Å². The maximum absolute atomic E-state index is 11.3. The van der Waals surface area contributed by atoms with Crippen LogP contribution in [0.4, 0.5) is 0 Å². The summed E-state index contributed by atoms with van der Waals surface area (Å²) in [4.78, 5) is 17.7. The van der Waals surface area contributed by atoms with Crippen molar-refractivity contribution in [3.05, 3.63) is 40.7 Å². The van der Waals surface area contributed by atoms with E-state index < -0.39 is 5.56 Å². The van der Waals surface area contributed by atoms with Gasteiger partial charge in [-0.3, -0.25) is 4.79 Å². The minimum absolute atomic E-state index is 0.0661. The van der Waals surface area contributed by atoms with Crippen LogP contribution in [-0.4, -0.2) is 21.2 Å². The van der Waals surface area contributed by atoms with Crippen LogP contribution in [-0.2, 0) is 0 Å². The lowest BCUT2D eigenvalue weighted by Gasteiger charge is -2.10. The third-order valence-electron chi connectivity index (χ3n) is 2.21. The van der Waals surface area contributed by atoms with Crippen molar-refractivity contribution >= 4 is 0 Å². The SMILES string of the molecule is CC(C)Oc1cccc(-c2nc(O)cc(=O)[nH]2)c1. The van der Waals surface area contributed by atoms with Gasteiger partial charge in [0.1, 0.15) is 11.6 Å². The standard InChI is InChI=1S/C13H14N2O3/c1-8(2)18-10-5-3-4-9(6-10)13-14-11(16)7-12(17)15-13/h3-8H,1-2H3,(H2,14,15,16,17). The van der Waals surface area contributed by atoms with Crippen molar-refractivity contribution in [1.82, 2.24) is 9.97 Å². The number of benzene rings is 1. The monoisotopic (exact) mass is 246 g/mol. The van der Waals surface area contributed by atoms with Gasteiger partial charge in [-0.25, -0.2) is 0 Å². The quantitative estimate of drug-likeness (QED) is 0.867. The highest BCUT2D eigenvalue weighted by atomic mass is 16.5. The van der Waals surface area contributed by atoms with Gasteiger partial charge in [0, 0.05) is 5.56 Å². The van der Waals surface area contributed by atoms with Crippen LogP contribution in [0.25, 0.3) is 11.4 Å². The molecule has 1 aromatic carbocycles. The molecular weight excluding hydrogens is 232 g/mol. The van der Waals surface area contributed by atoms with E-state index in [-0.39, 0.29) is 12.0 Å². The normalized spacial score (nSPS) is 10.6. The molecule has 0 aliphatic heterocycles. The van der Waals surface area contributed by atoms with Crippen molar-refractivity contribution in [2.45, 2.75) is 20.0 Å². The molecule has 5 heteroatoms. The van der Waals surface area contributed by atoms with Crippen LogP contribution < -0.4 is 10.3 Å². The highest BCUT2D eigenvalue weighted by Gasteiger charge is 2.05. The number of aromatic amines is 1. The number of aromatic hydroxyl groups is 1. The molecule has 0 aliphatic rings. The van der Waals surface area contributed by atoms with Crippen molar-refractivity contribution in [2.24, 2.45) is 0 Å². The fourth-order valence-corrected chi connectivity index (χ4v) is 1.57. The molecule has 0 amide bonds. The maximum Gasteiger partial charge on any atom is 0.254 e. The number of hydrogen-bond donors (Lipinski definition) is 2. The smallest absolute Gasteiger partial charge is 0.254 e. The molecule has 0 bridgehead atoms. The summed E-state index contributed by atoms with van der Waals surface area (Å²) in [6, 6.07) is 8.20. The van der Waals surface area contributed by atoms with Crippen LogP contribution in [0.15, 0.2) is 35.1 Å². The first-order chi connectivity index (χ1) is 8.54. The number of hydrogen-bond acceptors (Lipinski definition) is 4. The summed E-state index contributed by atoms with van der Waals surface area (Å²) in [7, 11) is 0. The predicted octanol–water partition coefficient (Wildman–Crippen LogP) is 1.93. The van der Waals surface area contributed by atoms with Crippen molar-refractivity contribution < 1.29 is 9.84 Å². The first-order valence-electron chi connectivity index (χ1n) is 5.62. The van der Waals surface area contributed by atoms with E-state index in [4.69, 9.17) is 4.74 Å². The summed E-state index contributed by atoms with van der Waals surface area (Å²) in [6.07, 6.45) is 0.0661. The summed E-state index contributed by atoms with van der Waals surface area (Å²) < 4.78 is 5.55. The van der Waals surface area contributed by atoms with Gasteiger partial charge in [0.2, 0.25) is 5.88 Å². The Labute approximate surface area is 104 Å². The molecule has 0 spiro atoms. The molecule has 1 aromatic heterocycles. The van der Waals surface area contributed by atoms with Gasteiger partial charge in [-0.05, 0) is 26.0 Å². The van der Waals surface area contributed by atoms with Crippen LogP contribution in [0, 0.1) is 0 Å². The van der Waals surface area contributed by atoms with Gasteiger partial charge in [0.25, 0.3) is 5.56 Å². The average molecular weight is 246 g/mol. The van der Waals surface area contributed by atoms with Crippen molar-refractivity contribution in [1.29, 1.82) is 0 Å². The summed E-state index contributed by atoms with van der Waals surface area (Å²) in [6.45, 7) is 3.86. The molecule has 2 rings (SSSR count). The van der Waals surface area contributed by atoms with E-state index in [2.05, 4.69) is 9.97 Å². The lowest BCUT2D eigenvalue weighted by Crippen LogP contribution is -2.07. The molecule has 0 saturated carbocycles. The number of nitrogens with one attached hydrogen (secondary N) is 1. The molecule has 0 unspecified atom stereocenters. The van der Waals surface area contributed by atoms with Gasteiger partial charge < -0.3 is 14.8 Å². The second-order valence-electron chi connectivity index (χ2n) is 4.15. The molecule has 0 fully saturated rings. The molecule has 1 heterocycles. The third-order valence-corrected chi connectivity index (χ3v) is 2.21. The zero-order chi connectivity index (χ0) is 13.1. The highest BCUT2D eigenvalue weighted by Crippen LogP contribution is 2.21. The fraction of sp³-hybridized carbons (Fsp3) is 0.231. The van der Waals surface area contributed by atoms with Crippen molar-refractivity contribution in [3.63, 3.8) is 0 Å². The Kier molecular flexibility index (Phi) is 3.32. The summed E-state index contributed by atoms with van der Waals surface area (Å²) >= 11 is 0. The van der Waals surface area contributed by atoms with Crippen LogP contribution in [0.5, 0.6) is 11.6 Å². The Morgan fingerprint density at radius 2 is 2.11 bits per heavy atom. The van der Waals surface area contributed by atoms with Crippen LogP contribution in [0.2, 0.25) is 0 Å². The average Bonchev–Trinajstić information content (AvgIpc) is 2.27. The predicted molar refractivity (Wildman–Crippen MR) is 67.7 cm³/mol. The summed E-state index contributed by atoms with van der Waals surface area (Å²) in [5.41, 5.74) is 0.286. The molecule has 0 atom stereocenters. The lowest BCUT2D eigenvalue weighted by molar-refractivity contribution is 0.242. The van der Waals surface area contributed by atoms with E-state index in [1.807, 2.05) is 19.9 Å². The Balaban J connectivity index is 2.41. The van der Waals surface area contributed by atoms with Gasteiger partial charge in [-0.2, -0.15) is 4.98 Å². The number of ether oxygens (including phenoxy) is 1. The highest BCUT2D eigenvalue weighted by molar-refractivity contribution is 5.57. The fourth-order valence-electron chi connectivity index (χ4n) is 1.57. The zero-order valence-electron chi connectivity index (χ0n) is 10.2. The van der Waals surface area contributed by atoms with Crippen molar-refractivity contribution in [2.75, 3.05) is 0 Å². The molecular formula is C13H14N2O3. The van der Waals surface area contributed by atoms with Gasteiger partial charge in [-0.15, -0.1) is 0 Å². The molecule has 5 nitrogen and oxygen atoms in total. The molecule has 2 aromatic rings. The molecule has 0 aliphatic carbocycles. The Hall–Kier alpha value is -2.30. The number of nitrogens with zero attached hydrogens (tertiary/aromatic N) is 1. The van der Waals surface area contributed by atoms with Gasteiger partial charge >= 0.3 is 0 Å². The molecule has 94 valence electrons. The van der Waals surface area contributed by atoms with E-state index in [0.29, 0.717) is 17.1 Å². The lowest BCUT2D eigenvalue weighted by atomic mass is 10.2. The second-order valence-corrected chi connectivity index (χ2v) is 4.15. The van der Waals surface area contributed by atoms with E-state index >= 15 is 0 Å². The van der Waals surface area contributed by atoms with E-state index in [0.717, 1.165) is 6.07 Å². The summed E-state index contributed by atoms with van der Waals surface area (Å²) in [5, 5.41) is 9.31. The first kappa shape index (κ1) is 12.2. The largest absolute Gasteiger partial charge is 0.493 e. The Bertz CT molecular complexity index is 605. The molecule has 2 N–H and O–H groups in total. The zero-order valence-corrected chi connectivity index (χ0v) is 10.2. The number of H-pyrrole nitrogens is 1. The van der Waals surface area contributed by atoms with Gasteiger partial charge in [-0.1, -0.05) is 12.1 Å². The number of aromatic nitrogens is 2. The Morgan fingerprint density at radius 3 is 2.78 bits per heavy atom.